The lowest BCUT2D eigenvalue weighted by Gasteiger charge is -2.22. The number of urea groups is 1. The number of ether oxygens (including phenoxy) is 1. The highest BCUT2D eigenvalue weighted by Gasteiger charge is 2.17. The Labute approximate surface area is 120 Å². The lowest BCUT2D eigenvalue weighted by Crippen LogP contribution is -2.39. The molecule has 3 N–H and O–H groups in total. The summed E-state index contributed by atoms with van der Waals surface area (Å²) in [4.78, 5) is 24.3. The van der Waals surface area contributed by atoms with Gasteiger partial charge in [-0.2, -0.15) is 0 Å². The SMILES string of the molecule is COCCN(CCO)C(=O)Nc1ccc(F)cc1C(=O)O. The Morgan fingerprint density at radius 1 is 1.38 bits per heavy atom. The molecule has 8 heteroatoms. The van der Waals surface area contributed by atoms with Gasteiger partial charge in [0.05, 0.1) is 24.5 Å². The van der Waals surface area contributed by atoms with Crippen LogP contribution in [0.5, 0.6) is 0 Å². The van der Waals surface area contributed by atoms with Crippen molar-refractivity contribution in [3.63, 3.8) is 0 Å². The lowest BCUT2D eigenvalue weighted by atomic mass is 10.1. The first-order valence-electron chi connectivity index (χ1n) is 6.18. The second-order valence-electron chi connectivity index (χ2n) is 4.13. The highest BCUT2D eigenvalue weighted by Crippen LogP contribution is 2.17. The molecule has 0 aliphatic carbocycles. The number of carbonyl (C=O) groups is 2. The van der Waals surface area contributed by atoms with Gasteiger partial charge in [0.2, 0.25) is 0 Å². The van der Waals surface area contributed by atoms with Crippen LogP contribution in [0, 0.1) is 5.82 Å². The number of aliphatic hydroxyl groups excluding tert-OH is 1. The van der Waals surface area contributed by atoms with E-state index in [9.17, 15) is 14.0 Å². The van der Waals surface area contributed by atoms with Gasteiger partial charge >= 0.3 is 12.0 Å². The summed E-state index contributed by atoms with van der Waals surface area (Å²) < 4.78 is 17.9. The summed E-state index contributed by atoms with van der Waals surface area (Å²) in [5, 5.41) is 20.3. The van der Waals surface area contributed by atoms with Crippen molar-refractivity contribution in [1.82, 2.24) is 4.90 Å². The van der Waals surface area contributed by atoms with Crippen molar-refractivity contribution in [3.8, 4) is 0 Å². The molecule has 116 valence electrons. The number of aromatic carboxylic acids is 1. The van der Waals surface area contributed by atoms with Crippen LogP contribution in [-0.2, 0) is 4.74 Å². The first-order valence-corrected chi connectivity index (χ1v) is 6.18. The standard InChI is InChI=1S/C13H17FN2O5/c1-21-7-5-16(4-6-17)13(20)15-11-3-2-9(14)8-10(11)12(18)19/h2-3,8,17H,4-7H2,1H3,(H,15,20)(H,18,19). The van der Waals surface area contributed by atoms with Gasteiger partial charge < -0.3 is 25.2 Å². The van der Waals surface area contributed by atoms with Gasteiger partial charge in [0, 0.05) is 20.2 Å². The lowest BCUT2D eigenvalue weighted by molar-refractivity contribution is 0.0697. The number of nitrogens with zero attached hydrogens (tertiary/aromatic N) is 1. The van der Waals surface area contributed by atoms with Crippen LogP contribution in [0.4, 0.5) is 14.9 Å². The summed E-state index contributed by atoms with van der Waals surface area (Å²) in [6.45, 7) is 0.320. The molecule has 0 heterocycles. The normalized spacial score (nSPS) is 10.2. The predicted molar refractivity (Wildman–Crippen MR) is 72.9 cm³/mol. The smallest absolute Gasteiger partial charge is 0.337 e. The number of aliphatic hydroxyl groups is 1. The fourth-order valence-corrected chi connectivity index (χ4v) is 1.63. The molecule has 0 radical (unpaired) electrons. The maximum Gasteiger partial charge on any atom is 0.337 e. The number of amides is 2. The summed E-state index contributed by atoms with van der Waals surface area (Å²) in [7, 11) is 1.47. The molecule has 7 nitrogen and oxygen atoms in total. The Balaban J connectivity index is 2.87. The average molecular weight is 300 g/mol. The number of carboxylic acid groups (broad SMARTS) is 1. The zero-order valence-corrected chi connectivity index (χ0v) is 11.5. The van der Waals surface area contributed by atoms with Crippen molar-refractivity contribution in [1.29, 1.82) is 0 Å². The molecule has 0 bridgehead atoms. The largest absolute Gasteiger partial charge is 0.478 e. The first kappa shape index (κ1) is 16.9. The van der Waals surface area contributed by atoms with Gasteiger partial charge in [0.1, 0.15) is 5.82 Å². The van der Waals surface area contributed by atoms with Crippen LogP contribution in [-0.4, -0.2) is 60.5 Å². The van der Waals surface area contributed by atoms with Gasteiger partial charge in [0.15, 0.2) is 0 Å². The molecule has 0 aliphatic rings. The van der Waals surface area contributed by atoms with E-state index < -0.39 is 17.8 Å². The van der Waals surface area contributed by atoms with Crippen LogP contribution in [0.25, 0.3) is 0 Å². The van der Waals surface area contributed by atoms with E-state index in [0.29, 0.717) is 0 Å². The topological polar surface area (TPSA) is 99.1 Å². The minimum atomic E-state index is -1.35. The third-order valence-corrected chi connectivity index (χ3v) is 2.68. The molecule has 0 atom stereocenters. The number of carboxylic acids is 1. The molecule has 1 rings (SSSR count). The Kier molecular flexibility index (Phi) is 6.57. The van der Waals surface area contributed by atoms with Crippen LogP contribution < -0.4 is 5.32 Å². The monoisotopic (exact) mass is 300 g/mol. The molecule has 1 aromatic carbocycles. The van der Waals surface area contributed by atoms with Crippen molar-refractivity contribution >= 4 is 17.7 Å². The highest BCUT2D eigenvalue weighted by atomic mass is 19.1. The van der Waals surface area contributed by atoms with Crippen LogP contribution in [0.1, 0.15) is 10.4 Å². The summed E-state index contributed by atoms with van der Waals surface area (Å²) in [5.74, 6) is -2.06. The van der Waals surface area contributed by atoms with Crippen molar-refractivity contribution in [2.75, 3.05) is 38.7 Å². The van der Waals surface area contributed by atoms with Gasteiger partial charge in [-0.1, -0.05) is 0 Å². The molecular formula is C13H17FN2O5. The Hall–Kier alpha value is -2.19. The second-order valence-corrected chi connectivity index (χ2v) is 4.13. The maximum absolute atomic E-state index is 13.1. The quantitative estimate of drug-likeness (QED) is 0.697. The van der Waals surface area contributed by atoms with Crippen LogP contribution in [0.2, 0.25) is 0 Å². The molecule has 21 heavy (non-hydrogen) atoms. The molecule has 0 aromatic heterocycles. The number of methoxy groups -OCH3 is 1. The Morgan fingerprint density at radius 3 is 2.67 bits per heavy atom. The minimum absolute atomic E-state index is 0.0192. The van der Waals surface area contributed by atoms with Gasteiger partial charge in [-0.15, -0.1) is 0 Å². The molecular weight excluding hydrogens is 283 g/mol. The zero-order chi connectivity index (χ0) is 15.8. The molecule has 0 saturated carbocycles. The number of hydrogen-bond acceptors (Lipinski definition) is 4. The van der Waals surface area contributed by atoms with E-state index in [1.807, 2.05) is 0 Å². The number of anilines is 1. The first-order chi connectivity index (χ1) is 9.99. The number of hydrogen-bond donors (Lipinski definition) is 3. The van der Waals surface area contributed by atoms with Gasteiger partial charge in [0.25, 0.3) is 0 Å². The Morgan fingerprint density at radius 2 is 2.10 bits per heavy atom. The molecule has 0 unspecified atom stereocenters. The molecule has 0 aliphatic heterocycles. The summed E-state index contributed by atoms with van der Waals surface area (Å²) in [5.41, 5.74) is -0.367. The van der Waals surface area contributed by atoms with E-state index in [1.54, 1.807) is 0 Å². The molecule has 1 aromatic rings. The van der Waals surface area contributed by atoms with Crippen LogP contribution >= 0.6 is 0 Å². The Bertz CT molecular complexity index is 509. The van der Waals surface area contributed by atoms with Gasteiger partial charge in [-0.05, 0) is 18.2 Å². The fourth-order valence-electron chi connectivity index (χ4n) is 1.63. The van der Waals surface area contributed by atoms with E-state index in [-0.39, 0.29) is 37.6 Å². The predicted octanol–water partition coefficient (Wildman–Crippen LogP) is 0.996. The van der Waals surface area contributed by atoms with Crippen LogP contribution in [0.15, 0.2) is 18.2 Å². The van der Waals surface area contributed by atoms with Crippen molar-refractivity contribution in [2.24, 2.45) is 0 Å². The highest BCUT2D eigenvalue weighted by molar-refractivity contribution is 6.00. The summed E-state index contributed by atoms with van der Waals surface area (Å²) in [6, 6.07) is 2.44. The van der Waals surface area contributed by atoms with E-state index in [1.165, 1.54) is 18.1 Å². The third kappa shape index (κ3) is 5.01. The van der Waals surface area contributed by atoms with E-state index in [4.69, 9.17) is 14.9 Å². The zero-order valence-electron chi connectivity index (χ0n) is 11.5. The number of carbonyl (C=O) groups excluding carboxylic acids is 1. The summed E-state index contributed by atoms with van der Waals surface area (Å²) >= 11 is 0. The number of nitrogens with one attached hydrogen (secondary N) is 1. The molecule has 2 amide bonds. The maximum atomic E-state index is 13.1. The second kappa shape index (κ2) is 8.18. The van der Waals surface area contributed by atoms with E-state index >= 15 is 0 Å². The van der Waals surface area contributed by atoms with Crippen LogP contribution in [0.3, 0.4) is 0 Å². The number of rotatable bonds is 7. The third-order valence-electron chi connectivity index (χ3n) is 2.68. The van der Waals surface area contributed by atoms with Crippen molar-refractivity contribution in [2.45, 2.75) is 0 Å². The minimum Gasteiger partial charge on any atom is -0.478 e. The average Bonchev–Trinajstić information content (AvgIpc) is 2.45. The fraction of sp³-hybridized carbons (Fsp3) is 0.385. The van der Waals surface area contributed by atoms with Crippen molar-refractivity contribution in [3.05, 3.63) is 29.6 Å². The number of halogens is 1. The van der Waals surface area contributed by atoms with E-state index in [2.05, 4.69) is 5.32 Å². The van der Waals surface area contributed by atoms with Gasteiger partial charge in [-0.3, -0.25) is 0 Å². The summed E-state index contributed by atoms with van der Waals surface area (Å²) in [6.07, 6.45) is 0. The van der Waals surface area contributed by atoms with E-state index in [0.717, 1.165) is 12.1 Å². The molecule has 0 spiro atoms. The van der Waals surface area contributed by atoms with Crippen molar-refractivity contribution < 1.29 is 28.9 Å². The number of benzene rings is 1. The van der Waals surface area contributed by atoms with Gasteiger partial charge in [-0.25, -0.2) is 14.0 Å². The molecule has 0 fully saturated rings. The molecule has 0 saturated heterocycles.